The maximum Gasteiger partial charge on any atom is 0.291 e. The predicted molar refractivity (Wildman–Crippen MR) is 124 cm³/mol. The quantitative estimate of drug-likeness (QED) is 0.341. The van der Waals surface area contributed by atoms with Crippen molar-refractivity contribution in [2.75, 3.05) is 10.6 Å². The van der Waals surface area contributed by atoms with Gasteiger partial charge in [-0.05, 0) is 35.0 Å². The van der Waals surface area contributed by atoms with E-state index < -0.39 is 0 Å². The van der Waals surface area contributed by atoms with Crippen LogP contribution in [-0.4, -0.2) is 16.8 Å². The highest BCUT2D eigenvalue weighted by atomic mass is 32.1. The zero-order valence-corrected chi connectivity index (χ0v) is 17.6. The Morgan fingerprint density at radius 1 is 0.871 bits per heavy atom. The summed E-state index contributed by atoms with van der Waals surface area (Å²) < 4.78 is 5.07. The molecule has 0 aliphatic carbocycles. The molecule has 0 saturated heterocycles. The van der Waals surface area contributed by atoms with Gasteiger partial charge in [-0.15, -0.1) is 22.7 Å². The molecule has 0 spiro atoms. The number of furan rings is 1. The third-order valence-corrected chi connectivity index (χ3v) is 6.36. The summed E-state index contributed by atoms with van der Waals surface area (Å²) >= 11 is 2.55. The maximum atomic E-state index is 12.6. The van der Waals surface area contributed by atoms with Gasteiger partial charge in [-0.1, -0.05) is 42.5 Å². The molecular weight excluding hydrogens is 430 g/mol. The lowest BCUT2D eigenvalue weighted by Crippen LogP contribution is -2.10. The van der Waals surface area contributed by atoms with Gasteiger partial charge in [0.1, 0.15) is 0 Å². The number of nitrogens with one attached hydrogen (secondary N) is 2. The second kappa shape index (κ2) is 8.17. The predicted octanol–water partition coefficient (Wildman–Crippen LogP) is 6.12. The molecule has 5 rings (SSSR count). The molecule has 152 valence electrons. The molecule has 6 nitrogen and oxygen atoms in total. The number of carbonyl (C=O) groups excluding carboxylic acids is 2. The fourth-order valence-electron chi connectivity index (χ4n) is 3.17. The molecule has 3 aromatic heterocycles. The van der Waals surface area contributed by atoms with Crippen LogP contribution in [0.5, 0.6) is 0 Å². The van der Waals surface area contributed by atoms with Crippen LogP contribution in [0, 0.1) is 0 Å². The van der Waals surface area contributed by atoms with Crippen LogP contribution in [0.4, 0.5) is 10.1 Å². The second-order valence-corrected chi connectivity index (χ2v) is 8.56. The number of aromatic nitrogens is 1. The van der Waals surface area contributed by atoms with Gasteiger partial charge in [0.25, 0.3) is 11.8 Å². The molecule has 5 aromatic rings. The van der Waals surface area contributed by atoms with E-state index in [2.05, 4.69) is 33.8 Å². The molecule has 2 aromatic carbocycles. The van der Waals surface area contributed by atoms with Crippen LogP contribution in [0.1, 0.15) is 20.2 Å². The molecule has 0 aliphatic heterocycles. The first kappa shape index (κ1) is 19.2. The molecule has 2 N–H and O–H groups in total. The van der Waals surface area contributed by atoms with Gasteiger partial charge in [0, 0.05) is 10.9 Å². The number of hydrogen-bond donors (Lipinski definition) is 2. The molecule has 0 unspecified atom stereocenters. The van der Waals surface area contributed by atoms with E-state index in [4.69, 9.17) is 4.42 Å². The summed E-state index contributed by atoms with van der Waals surface area (Å²) in [6.07, 6.45) is 1.43. The first-order valence-corrected chi connectivity index (χ1v) is 11.1. The number of amides is 2. The number of thiophene rings is 1. The normalized spacial score (nSPS) is 10.8. The number of hydrogen-bond acceptors (Lipinski definition) is 6. The van der Waals surface area contributed by atoms with Crippen molar-refractivity contribution >= 4 is 55.4 Å². The van der Waals surface area contributed by atoms with Gasteiger partial charge in [0.2, 0.25) is 0 Å². The Hall–Kier alpha value is -3.75. The summed E-state index contributed by atoms with van der Waals surface area (Å²) in [5.74, 6) is -0.427. The Morgan fingerprint density at radius 3 is 2.61 bits per heavy atom. The summed E-state index contributed by atoms with van der Waals surface area (Å²) in [6.45, 7) is 0. The number of fused-ring (bicyclic) bond motifs is 1. The monoisotopic (exact) mass is 445 g/mol. The Kier molecular flexibility index (Phi) is 5.07. The average Bonchev–Trinajstić information content (AvgIpc) is 3.55. The number of benzene rings is 2. The van der Waals surface area contributed by atoms with Crippen LogP contribution < -0.4 is 10.6 Å². The van der Waals surface area contributed by atoms with Crippen molar-refractivity contribution in [1.82, 2.24) is 4.98 Å². The third kappa shape index (κ3) is 3.98. The molecule has 0 saturated carbocycles. The number of thiazole rings is 1. The molecule has 3 heterocycles. The third-order valence-electron chi connectivity index (χ3n) is 4.60. The minimum Gasteiger partial charge on any atom is -0.459 e. The second-order valence-electron chi connectivity index (χ2n) is 6.61. The van der Waals surface area contributed by atoms with Crippen molar-refractivity contribution in [3.8, 4) is 11.3 Å². The minimum absolute atomic E-state index is 0.211. The summed E-state index contributed by atoms with van der Waals surface area (Å²) in [5.41, 5.74) is 1.84. The van der Waals surface area contributed by atoms with Crippen LogP contribution in [-0.2, 0) is 0 Å². The Labute approximate surface area is 185 Å². The number of rotatable bonds is 5. The zero-order chi connectivity index (χ0) is 21.2. The Balaban J connectivity index is 1.30. The zero-order valence-electron chi connectivity index (χ0n) is 16.0. The van der Waals surface area contributed by atoms with Crippen molar-refractivity contribution in [3.05, 3.63) is 89.0 Å². The molecule has 0 radical (unpaired) electrons. The fourth-order valence-corrected chi connectivity index (χ4v) is 4.67. The lowest BCUT2D eigenvalue weighted by Gasteiger charge is -2.03. The van der Waals surface area contributed by atoms with Crippen LogP contribution in [0.3, 0.4) is 0 Å². The standard InChI is InChI=1S/C23H15N3O3S2/c27-21(18-9-4-12-29-18)25-20-11-10-19(31-20)22(28)26-23-24-17(13-30-23)16-8-3-6-14-5-1-2-7-15(14)16/h1-13H,(H,25,27)(H,24,26,28). The van der Waals surface area contributed by atoms with Crippen LogP contribution >= 0.6 is 22.7 Å². The van der Waals surface area contributed by atoms with Crippen molar-refractivity contribution in [1.29, 1.82) is 0 Å². The van der Waals surface area contributed by atoms with E-state index in [9.17, 15) is 9.59 Å². The van der Waals surface area contributed by atoms with Gasteiger partial charge in [0.15, 0.2) is 10.9 Å². The first-order chi connectivity index (χ1) is 15.2. The van der Waals surface area contributed by atoms with E-state index in [0.29, 0.717) is 15.0 Å². The molecular formula is C23H15N3O3S2. The van der Waals surface area contributed by atoms with Gasteiger partial charge in [0.05, 0.1) is 21.8 Å². The van der Waals surface area contributed by atoms with Crippen molar-refractivity contribution in [2.24, 2.45) is 0 Å². The highest BCUT2D eigenvalue weighted by Gasteiger charge is 2.15. The number of carbonyl (C=O) groups is 2. The van der Waals surface area contributed by atoms with Crippen LogP contribution in [0.2, 0.25) is 0 Å². The highest BCUT2D eigenvalue weighted by molar-refractivity contribution is 7.18. The van der Waals surface area contributed by atoms with Crippen molar-refractivity contribution in [2.45, 2.75) is 0 Å². The number of nitrogens with zero attached hydrogens (tertiary/aromatic N) is 1. The van der Waals surface area contributed by atoms with Gasteiger partial charge in [-0.3, -0.25) is 14.9 Å². The maximum absolute atomic E-state index is 12.6. The van der Waals surface area contributed by atoms with E-state index in [1.807, 2.05) is 29.6 Å². The lowest BCUT2D eigenvalue weighted by molar-refractivity contribution is 0.0995. The first-order valence-electron chi connectivity index (χ1n) is 9.37. The molecule has 8 heteroatoms. The Morgan fingerprint density at radius 2 is 1.74 bits per heavy atom. The lowest BCUT2D eigenvalue weighted by atomic mass is 10.0. The summed E-state index contributed by atoms with van der Waals surface area (Å²) in [6, 6.07) is 20.8. The van der Waals surface area contributed by atoms with E-state index in [0.717, 1.165) is 22.0 Å². The van der Waals surface area contributed by atoms with Crippen LogP contribution in [0.25, 0.3) is 22.0 Å². The summed E-state index contributed by atoms with van der Waals surface area (Å²) in [7, 11) is 0. The Bertz CT molecular complexity index is 1380. The van der Waals surface area contributed by atoms with Gasteiger partial charge in [-0.2, -0.15) is 0 Å². The molecule has 2 amide bonds. The van der Waals surface area contributed by atoms with E-state index in [1.54, 1.807) is 24.3 Å². The fraction of sp³-hybridized carbons (Fsp3) is 0. The van der Waals surface area contributed by atoms with Crippen LogP contribution in [0.15, 0.2) is 82.8 Å². The van der Waals surface area contributed by atoms with E-state index in [1.165, 1.54) is 28.9 Å². The largest absolute Gasteiger partial charge is 0.459 e. The average molecular weight is 446 g/mol. The van der Waals surface area contributed by atoms with Gasteiger partial charge >= 0.3 is 0 Å². The molecule has 0 fully saturated rings. The minimum atomic E-state index is -0.363. The molecule has 0 atom stereocenters. The SMILES string of the molecule is O=C(Nc1ccc(C(=O)Nc2nc(-c3cccc4ccccc34)cs2)s1)c1ccco1. The van der Waals surface area contributed by atoms with Crippen molar-refractivity contribution < 1.29 is 14.0 Å². The molecule has 0 aliphatic rings. The van der Waals surface area contributed by atoms with Gasteiger partial charge in [-0.25, -0.2) is 4.98 Å². The summed E-state index contributed by atoms with van der Waals surface area (Å²) in [5, 5.41) is 10.8. The van der Waals surface area contributed by atoms with E-state index in [-0.39, 0.29) is 17.6 Å². The highest BCUT2D eigenvalue weighted by Crippen LogP contribution is 2.31. The molecule has 0 bridgehead atoms. The van der Waals surface area contributed by atoms with E-state index >= 15 is 0 Å². The summed E-state index contributed by atoms with van der Waals surface area (Å²) in [4.78, 5) is 29.8. The molecule has 31 heavy (non-hydrogen) atoms. The van der Waals surface area contributed by atoms with Crippen molar-refractivity contribution in [3.63, 3.8) is 0 Å². The van der Waals surface area contributed by atoms with Gasteiger partial charge < -0.3 is 9.73 Å². The topological polar surface area (TPSA) is 84.2 Å². The smallest absolute Gasteiger partial charge is 0.291 e. The number of anilines is 2.